The number of hydrogen-bond donors (Lipinski definition) is 0. The molecule has 0 unspecified atom stereocenters. The van der Waals surface area contributed by atoms with Gasteiger partial charge in [0.2, 0.25) is 0 Å². The minimum atomic E-state index is 0.837. The van der Waals surface area contributed by atoms with Crippen LogP contribution in [0.4, 0.5) is 0 Å². The summed E-state index contributed by atoms with van der Waals surface area (Å²) in [7, 11) is 2.21. The lowest BCUT2D eigenvalue weighted by Gasteiger charge is -2.24. The predicted octanol–water partition coefficient (Wildman–Crippen LogP) is 3.59. The first-order valence-corrected chi connectivity index (χ1v) is 5.77. The van der Waals surface area contributed by atoms with E-state index in [1.54, 1.807) is 0 Å². The van der Waals surface area contributed by atoms with Gasteiger partial charge in [-0.15, -0.1) is 0 Å². The molecule has 0 heterocycles. The third-order valence-corrected chi connectivity index (χ3v) is 2.76. The van der Waals surface area contributed by atoms with Crippen molar-refractivity contribution in [1.82, 2.24) is 4.90 Å². The van der Waals surface area contributed by atoms with E-state index in [-0.39, 0.29) is 0 Å². The number of hydrogen-bond acceptors (Lipinski definition) is 1. The molecule has 1 aliphatic carbocycles. The van der Waals surface area contributed by atoms with Crippen molar-refractivity contribution >= 4 is 0 Å². The fraction of sp³-hybridized carbons (Fsp3) is 0.692. The highest BCUT2D eigenvalue weighted by Crippen LogP contribution is 2.16. The van der Waals surface area contributed by atoms with Crippen LogP contribution in [0, 0.1) is 5.92 Å². The van der Waals surface area contributed by atoms with Gasteiger partial charge in [-0.05, 0) is 37.7 Å². The van der Waals surface area contributed by atoms with Gasteiger partial charge in [0.25, 0.3) is 0 Å². The second kappa shape index (κ2) is 5.90. The maximum atomic E-state index is 2.41. The van der Waals surface area contributed by atoms with Crippen molar-refractivity contribution in [3.8, 4) is 0 Å². The molecule has 1 nitrogen and oxygen atoms in total. The molecule has 14 heavy (non-hydrogen) atoms. The van der Waals surface area contributed by atoms with E-state index in [0.29, 0.717) is 0 Å². The number of nitrogens with zero attached hydrogens (tertiary/aromatic N) is 1. The van der Waals surface area contributed by atoms with Crippen molar-refractivity contribution < 1.29 is 0 Å². The molecule has 0 fully saturated rings. The zero-order valence-corrected chi connectivity index (χ0v) is 9.79. The van der Waals surface area contributed by atoms with E-state index in [4.69, 9.17) is 0 Å². The second-order valence-corrected chi connectivity index (χ2v) is 4.58. The molecule has 80 valence electrons. The standard InChI is InChI=1S/C13H23N/c1-12(2)8-7-11-14(3)13-9-5-4-6-10-13/h4-5,9,12H,6-8,10-11H2,1-3H3. The molecule has 0 saturated carbocycles. The largest absolute Gasteiger partial charge is 0.378 e. The van der Waals surface area contributed by atoms with Gasteiger partial charge in [0, 0.05) is 19.3 Å². The Morgan fingerprint density at radius 3 is 2.79 bits per heavy atom. The predicted molar refractivity (Wildman–Crippen MR) is 63.2 cm³/mol. The molecule has 0 N–H and O–H groups in total. The van der Waals surface area contributed by atoms with Gasteiger partial charge in [-0.2, -0.15) is 0 Å². The third-order valence-electron chi connectivity index (χ3n) is 2.76. The summed E-state index contributed by atoms with van der Waals surface area (Å²) in [6.45, 7) is 5.79. The highest BCUT2D eigenvalue weighted by Gasteiger charge is 2.05. The van der Waals surface area contributed by atoms with Crippen LogP contribution < -0.4 is 0 Å². The van der Waals surface area contributed by atoms with Crippen molar-refractivity contribution in [2.75, 3.05) is 13.6 Å². The van der Waals surface area contributed by atoms with Crippen LogP contribution >= 0.6 is 0 Å². The summed E-state index contributed by atoms with van der Waals surface area (Å²) in [5, 5.41) is 0. The lowest BCUT2D eigenvalue weighted by molar-refractivity contribution is 0.373. The summed E-state index contributed by atoms with van der Waals surface area (Å²) >= 11 is 0. The molecule has 0 spiro atoms. The highest BCUT2D eigenvalue weighted by atomic mass is 15.1. The van der Waals surface area contributed by atoms with Crippen LogP contribution in [0.3, 0.4) is 0 Å². The fourth-order valence-electron chi connectivity index (χ4n) is 1.79. The molecule has 0 aromatic heterocycles. The number of allylic oxidation sites excluding steroid dienone is 4. The highest BCUT2D eigenvalue weighted by molar-refractivity contribution is 5.16. The molecular weight excluding hydrogens is 170 g/mol. The molecule has 0 saturated heterocycles. The average molecular weight is 193 g/mol. The van der Waals surface area contributed by atoms with Crippen molar-refractivity contribution in [3.05, 3.63) is 23.9 Å². The minimum Gasteiger partial charge on any atom is -0.378 e. The molecule has 0 radical (unpaired) electrons. The Bertz CT molecular complexity index is 213. The van der Waals surface area contributed by atoms with E-state index < -0.39 is 0 Å². The van der Waals surface area contributed by atoms with Gasteiger partial charge in [-0.25, -0.2) is 0 Å². The lowest BCUT2D eigenvalue weighted by Crippen LogP contribution is -2.20. The quantitative estimate of drug-likeness (QED) is 0.645. The maximum Gasteiger partial charge on any atom is 0.0171 e. The first-order valence-electron chi connectivity index (χ1n) is 5.77. The topological polar surface area (TPSA) is 3.24 Å². The second-order valence-electron chi connectivity index (χ2n) is 4.58. The van der Waals surface area contributed by atoms with Gasteiger partial charge in [0.05, 0.1) is 0 Å². The molecule has 0 amide bonds. The van der Waals surface area contributed by atoms with Crippen LogP contribution in [0.15, 0.2) is 23.9 Å². The Morgan fingerprint density at radius 2 is 2.21 bits per heavy atom. The van der Waals surface area contributed by atoms with E-state index in [1.807, 2.05) is 0 Å². The maximum absolute atomic E-state index is 2.41. The van der Waals surface area contributed by atoms with E-state index in [1.165, 1.54) is 37.9 Å². The zero-order chi connectivity index (χ0) is 10.4. The molecule has 0 aromatic rings. The third kappa shape index (κ3) is 3.99. The van der Waals surface area contributed by atoms with E-state index >= 15 is 0 Å². The van der Waals surface area contributed by atoms with E-state index in [0.717, 1.165) is 5.92 Å². The number of rotatable bonds is 5. The summed E-state index contributed by atoms with van der Waals surface area (Å²) in [6.07, 6.45) is 11.7. The lowest BCUT2D eigenvalue weighted by atomic mass is 10.1. The molecule has 1 rings (SSSR count). The van der Waals surface area contributed by atoms with Crippen LogP contribution in [-0.2, 0) is 0 Å². The first-order chi connectivity index (χ1) is 6.70. The Kier molecular flexibility index (Phi) is 4.78. The van der Waals surface area contributed by atoms with Gasteiger partial charge < -0.3 is 4.90 Å². The van der Waals surface area contributed by atoms with Crippen molar-refractivity contribution in [1.29, 1.82) is 0 Å². The van der Waals surface area contributed by atoms with Gasteiger partial charge >= 0.3 is 0 Å². The van der Waals surface area contributed by atoms with Crippen LogP contribution in [0.25, 0.3) is 0 Å². The van der Waals surface area contributed by atoms with Crippen LogP contribution in [0.2, 0.25) is 0 Å². The van der Waals surface area contributed by atoms with E-state index in [2.05, 4.69) is 44.0 Å². The minimum absolute atomic E-state index is 0.837. The molecule has 0 bridgehead atoms. The summed E-state index contributed by atoms with van der Waals surface area (Å²) < 4.78 is 0. The van der Waals surface area contributed by atoms with Gasteiger partial charge in [0.15, 0.2) is 0 Å². The summed E-state index contributed by atoms with van der Waals surface area (Å²) in [4.78, 5) is 2.41. The van der Waals surface area contributed by atoms with Crippen molar-refractivity contribution in [2.24, 2.45) is 5.92 Å². The summed E-state index contributed by atoms with van der Waals surface area (Å²) in [5.41, 5.74) is 1.50. The van der Waals surface area contributed by atoms with Gasteiger partial charge in [0.1, 0.15) is 0 Å². The summed E-state index contributed by atoms with van der Waals surface area (Å²) in [5.74, 6) is 0.837. The van der Waals surface area contributed by atoms with Crippen LogP contribution in [0.1, 0.15) is 39.5 Å². The first kappa shape index (κ1) is 11.4. The summed E-state index contributed by atoms with van der Waals surface area (Å²) in [6, 6.07) is 0. The zero-order valence-electron chi connectivity index (χ0n) is 9.79. The van der Waals surface area contributed by atoms with E-state index in [9.17, 15) is 0 Å². The monoisotopic (exact) mass is 193 g/mol. The Hall–Kier alpha value is -0.720. The van der Waals surface area contributed by atoms with Crippen LogP contribution in [-0.4, -0.2) is 18.5 Å². The Morgan fingerprint density at radius 1 is 1.43 bits per heavy atom. The van der Waals surface area contributed by atoms with Crippen LogP contribution in [0.5, 0.6) is 0 Å². The average Bonchev–Trinajstić information content (AvgIpc) is 2.18. The Balaban J connectivity index is 2.23. The molecular formula is C13H23N. The molecule has 0 aromatic carbocycles. The molecule has 0 atom stereocenters. The smallest absolute Gasteiger partial charge is 0.0171 e. The Labute approximate surface area is 88.5 Å². The fourth-order valence-corrected chi connectivity index (χ4v) is 1.79. The van der Waals surface area contributed by atoms with Crippen molar-refractivity contribution in [2.45, 2.75) is 39.5 Å². The van der Waals surface area contributed by atoms with Crippen molar-refractivity contribution in [3.63, 3.8) is 0 Å². The SMILES string of the molecule is CC(C)CCCN(C)C1=CC=CCC1. The molecule has 1 heteroatoms. The van der Waals surface area contributed by atoms with Gasteiger partial charge in [-0.1, -0.05) is 26.0 Å². The molecule has 1 aliphatic rings. The molecule has 0 aliphatic heterocycles. The normalized spacial score (nSPS) is 15.9. The van der Waals surface area contributed by atoms with Gasteiger partial charge in [-0.3, -0.25) is 0 Å².